The summed E-state index contributed by atoms with van der Waals surface area (Å²) < 4.78 is 6.26. The van der Waals surface area contributed by atoms with Gasteiger partial charge in [0.15, 0.2) is 0 Å². The maximum absolute atomic E-state index is 13.1. The number of hydrogen-bond donors (Lipinski definition) is 0. The molecule has 0 radical (unpaired) electrons. The van der Waals surface area contributed by atoms with Gasteiger partial charge in [0, 0.05) is 17.9 Å². The highest BCUT2D eigenvalue weighted by Crippen LogP contribution is 2.47. The van der Waals surface area contributed by atoms with Crippen LogP contribution in [0.2, 0.25) is 0 Å². The lowest BCUT2D eigenvalue weighted by Crippen LogP contribution is -2.49. The summed E-state index contributed by atoms with van der Waals surface area (Å²) in [4.78, 5) is 15.1. The highest BCUT2D eigenvalue weighted by atomic mass is 32.2. The Balaban J connectivity index is 1.39. The van der Waals surface area contributed by atoms with Gasteiger partial charge in [0.2, 0.25) is 0 Å². The van der Waals surface area contributed by atoms with E-state index in [9.17, 15) is 4.79 Å². The van der Waals surface area contributed by atoms with Crippen molar-refractivity contribution in [3.63, 3.8) is 0 Å². The minimum absolute atomic E-state index is 0.0473. The van der Waals surface area contributed by atoms with Crippen molar-refractivity contribution in [1.82, 2.24) is 4.90 Å². The topological polar surface area (TPSA) is 29.5 Å². The molecule has 1 heterocycles. The molecule has 0 unspecified atom stereocenters. The molecular weight excluding hydrogens is 366 g/mol. The van der Waals surface area contributed by atoms with Crippen molar-refractivity contribution in [2.75, 3.05) is 12.3 Å². The van der Waals surface area contributed by atoms with Gasteiger partial charge in [-0.25, -0.2) is 0 Å². The van der Waals surface area contributed by atoms with E-state index in [0.717, 1.165) is 49.3 Å². The number of hydrogen-bond acceptors (Lipinski definition) is 3. The van der Waals surface area contributed by atoms with E-state index in [1.54, 1.807) is 0 Å². The van der Waals surface area contributed by atoms with Gasteiger partial charge >= 0.3 is 0 Å². The van der Waals surface area contributed by atoms with E-state index >= 15 is 0 Å². The van der Waals surface area contributed by atoms with Crippen molar-refractivity contribution in [3.05, 3.63) is 65.7 Å². The molecule has 2 fully saturated rings. The molecule has 2 aliphatic rings. The second kappa shape index (κ2) is 8.20. The van der Waals surface area contributed by atoms with Crippen molar-refractivity contribution in [2.24, 2.45) is 0 Å². The zero-order valence-electron chi connectivity index (χ0n) is 16.8. The van der Waals surface area contributed by atoms with Gasteiger partial charge in [0.05, 0.1) is 11.0 Å². The van der Waals surface area contributed by atoms with Crippen molar-refractivity contribution in [2.45, 2.75) is 56.4 Å². The fraction of sp³-hybridized carbons (Fsp3) is 0.458. The van der Waals surface area contributed by atoms with Gasteiger partial charge in [0.25, 0.3) is 5.91 Å². The van der Waals surface area contributed by atoms with Crippen LogP contribution in [-0.4, -0.2) is 34.1 Å². The van der Waals surface area contributed by atoms with E-state index in [4.69, 9.17) is 4.74 Å². The van der Waals surface area contributed by atoms with Crippen LogP contribution in [0.3, 0.4) is 0 Å². The number of thioether (sulfide) groups is 1. The Morgan fingerprint density at radius 2 is 1.75 bits per heavy atom. The quantitative estimate of drug-likeness (QED) is 0.663. The first kappa shape index (κ1) is 19.4. The largest absolute Gasteiger partial charge is 0.490 e. The number of nitrogens with zero attached hydrogens (tertiary/aromatic N) is 1. The standard InChI is InChI=1S/C24H29NO2S/c1-18(2)19-8-10-21(11-9-19)27-22-12-14-24(15-13-22)25(16-17-28-24)23(26)20-6-4-3-5-7-20/h3-11,18,22H,12-17H2,1-2H3. The maximum Gasteiger partial charge on any atom is 0.254 e. The molecule has 0 N–H and O–H groups in total. The van der Waals surface area contributed by atoms with E-state index in [-0.39, 0.29) is 16.9 Å². The fourth-order valence-electron chi connectivity index (χ4n) is 4.33. The maximum atomic E-state index is 13.1. The Bertz CT molecular complexity index is 795. The lowest BCUT2D eigenvalue weighted by Gasteiger charge is -2.42. The average molecular weight is 396 g/mol. The van der Waals surface area contributed by atoms with Crippen LogP contribution < -0.4 is 4.74 Å². The van der Waals surface area contributed by atoms with E-state index in [0.29, 0.717) is 5.92 Å². The third kappa shape index (κ3) is 3.93. The summed E-state index contributed by atoms with van der Waals surface area (Å²) >= 11 is 1.96. The van der Waals surface area contributed by atoms with Gasteiger partial charge in [-0.15, -0.1) is 11.8 Å². The molecule has 1 saturated heterocycles. The van der Waals surface area contributed by atoms with Crippen LogP contribution in [-0.2, 0) is 0 Å². The van der Waals surface area contributed by atoms with Gasteiger partial charge in [-0.1, -0.05) is 44.2 Å². The minimum atomic E-state index is -0.0473. The summed E-state index contributed by atoms with van der Waals surface area (Å²) in [5, 5.41) is 0. The second-order valence-corrected chi connectivity index (χ2v) is 9.62. The first-order valence-corrected chi connectivity index (χ1v) is 11.3. The lowest BCUT2D eigenvalue weighted by molar-refractivity contribution is 0.0513. The molecule has 1 aliphatic carbocycles. The Morgan fingerprint density at radius 3 is 2.39 bits per heavy atom. The van der Waals surface area contributed by atoms with Gasteiger partial charge in [0.1, 0.15) is 5.75 Å². The number of rotatable bonds is 4. The lowest BCUT2D eigenvalue weighted by atomic mass is 9.90. The van der Waals surface area contributed by atoms with Crippen LogP contribution >= 0.6 is 11.8 Å². The van der Waals surface area contributed by atoms with Crippen molar-refractivity contribution >= 4 is 17.7 Å². The highest BCUT2D eigenvalue weighted by molar-refractivity contribution is 8.00. The van der Waals surface area contributed by atoms with Crippen LogP contribution in [0, 0.1) is 0 Å². The SMILES string of the molecule is CC(C)c1ccc(OC2CCC3(CC2)SCCN3C(=O)c2ccccc2)cc1. The first-order valence-electron chi connectivity index (χ1n) is 10.3. The summed E-state index contributed by atoms with van der Waals surface area (Å²) in [6.45, 7) is 5.26. The summed E-state index contributed by atoms with van der Waals surface area (Å²) in [6.07, 6.45) is 4.25. The van der Waals surface area contributed by atoms with Crippen molar-refractivity contribution in [3.8, 4) is 5.75 Å². The number of benzene rings is 2. The molecule has 1 saturated carbocycles. The van der Waals surface area contributed by atoms with Gasteiger partial charge < -0.3 is 9.64 Å². The molecule has 0 aromatic heterocycles. The van der Waals surface area contributed by atoms with Crippen molar-refractivity contribution < 1.29 is 9.53 Å². The van der Waals surface area contributed by atoms with Crippen LogP contribution in [0.15, 0.2) is 54.6 Å². The van der Waals surface area contributed by atoms with Crippen LogP contribution in [0.5, 0.6) is 5.75 Å². The molecule has 3 nitrogen and oxygen atoms in total. The monoisotopic (exact) mass is 395 g/mol. The van der Waals surface area contributed by atoms with E-state index in [2.05, 4.69) is 43.0 Å². The molecule has 1 amide bonds. The van der Waals surface area contributed by atoms with Crippen LogP contribution in [0.25, 0.3) is 0 Å². The summed E-state index contributed by atoms with van der Waals surface area (Å²) in [5.41, 5.74) is 2.14. The molecule has 2 aromatic rings. The van der Waals surface area contributed by atoms with Gasteiger partial charge in [-0.3, -0.25) is 4.79 Å². The molecule has 4 heteroatoms. The van der Waals surface area contributed by atoms with Gasteiger partial charge in [-0.2, -0.15) is 0 Å². The number of ether oxygens (including phenoxy) is 1. The minimum Gasteiger partial charge on any atom is -0.490 e. The summed E-state index contributed by atoms with van der Waals surface area (Å²) in [5.74, 6) is 2.70. The Morgan fingerprint density at radius 1 is 1.07 bits per heavy atom. The zero-order chi connectivity index (χ0) is 19.6. The normalized spacial score (nSPS) is 24.7. The molecule has 0 atom stereocenters. The van der Waals surface area contributed by atoms with Gasteiger partial charge in [-0.05, 0) is 61.4 Å². The predicted octanol–water partition coefficient (Wildman–Crippen LogP) is 5.72. The molecule has 1 aliphatic heterocycles. The number of amides is 1. The molecule has 148 valence electrons. The fourth-order valence-corrected chi connectivity index (χ4v) is 5.84. The number of carbonyl (C=O) groups excluding carboxylic acids is 1. The van der Waals surface area contributed by atoms with Crippen LogP contribution in [0.1, 0.15) is 61.4 Å². The summed E-state index contributed by atoms with van der Waals surface area (Å²) in [6, 6.07) is 18.2. The molecule has 28 heavy (non-hydrogen) atoms. The Hall–Kier alpha value is -1.94. The van der Waals surface area contributed by atoms with Crippen LogP contribution in [0.4, 0.5) is 0 Å². The molecule has 0 bridgehead atoms. The van der Waals surface area contributed by atoms with E-state index in [1.807, 2.05) is 42.1 Å². The third-order valence-corrected chi connectivity index (χ3v) is 7.56. The Kier molecular flexibility index (Phi) is 5.68. The molecule has 2 aromatic carbocycles. The highest BCUT2D eigenvalue weighted by Gasteiger charge is 2.47. The summed E-state index contributed by atoms with van der Waals surface area (Å²) in [7, 11) is 0. The van der Waals surface area contributed by atoms with E-state index in [1.165, 1.54) is 5.56 Å². The zero-order valence-corrected chi connectivity index (χ0v) is 17.6. The second-order valence-electron chi connectivity index (χ2n) is 8.16. The molecule has 4 rings (SSSR count). The molecule has 1 spiro atoms. The van der Waals surface area contributed by atoms with E-state index < -0.39 is 0 Å². The van der Waals surface area contributed by atoms with Crippen molar-refractivity contribution in [1.29, 1.82) is 0 Å². The molecular formula is C24H29NO2S. The average Bonchev–Trinajstić information content (AvgIpc) is 3.13. The number of carbonyl (C=O) groups is 1. The predicted molar refractivity (Wildman–Crippen MR) is 116 cm³/mol. The third-order valence-electron chi connectivity index (χ3n) is 6.01. The smallest absolute Gasteiger partial charge is 0.254 e. The Labute approximate surface area is 172 Å². The first-order chi connectivity index (χ1) is 13.6.